The highest BCUT2D eigenvalue weighted by Crippen LogP contribution is 2.37. The molecule has 3 N–H and O–H groups in total. The summed E-state index contributed by atoms with van der Waals surface area (Å²) in [6, 6.07) is 6.28. The molecule has 0 saturated carbocycles. The molecule has 0 fully saturated rings. The molecule has 0 aliphatic rings. The number of pyridine rings is 1. The van der Waals surface area contributed by atoms with E-state index in [9.17, 15) is 26.7 Å². The maximum atomic E-state index is 13.8. The SMILES string of the molecule is COc1ccc(-c2nc(C(=O)NCc3cc(C)oc3C(C)(F)F)c(CN)o2)c2ccc(C(F)(F)F)nc12. The smallest absolute Gasteiger partial charge is 0.433 e. The molecule has 3 aromatic heterocycles. The molecule has 3 heterocycles. The van der Waals surface area contributed by atoms with Crippen molar-refractivity contribution < 1.29 is 40.3 Å². The van der Waals surface area contributed by atoms with Crippen molar-refractivity contribution in [1.29, 1.82) is 0 Å². The van der Waals surface area contributed by atoms with Crippen molar-refractivity contribution in [3.8, 4) is 17.2 Å². The van der Waals surface area contributed by atoms with Crippen LogP contribution in [0.1, 0.15) is 46.0 Å². The van der Waals surface area contributed by atoms with Crippen LogP contribution in [0.5, 0.6) is 5.75 Å². The zero-order chi connectivity index (χ0) is 27.1. The molecule has 13 heteroatoms. The van der Waals surface area contributed by atoms with E-state index in [4.69, 9.17) is 19.3 Å². The number of aromatic nitrogens is 2. The fraction of sp³-hybridized carbons (Fsp3) is 0.292. The van der Waals surface area contributed by atoms with Crippen LogP contribution in [0.15, 0.2) is 39.2 Å². The predicted octanol–water partition coefficient (Wildman–Crippen LogP) is 5.32. The Bertz CT molecular complexity index is 1470. The summed E-state index contributed by atoms with van der Waals surface area (Å²) in [5, 5.41) is 2.72. The number of carbonyl (C=O) groups excluding carboxylic acids is 1. The molecule has 8 nitrogen and oxygen atoms in total. The second-order valence-corrected chi connectivity index (χ2v) is 8.18. The number of ether oxygens (including phenoxy) is 1. The molecular formula is C24H21F5N4O4. The lowest BCUT2D eigenvalue weighted by Gasteiger charge is -2.11. The van der Waals surface area contributed by atoms with Gasteiger partial charge in [0, 0.05) is 30.0 Å². The van der Waals surface area contributed by atoms with Gasteiger partial charge in [-0.3, -0.25) is 4.79 Å². The van der Waals surface area contributed by atoms with Gasteiger partial charge in [0.25, 0.3) is 5.91 Å². The molecule has 0 aliphatic carbocycles. The third-order valence-electron chi connectivity index (χ3n) is 5.43. The van der Waals surface area contributed by atoms with Gasteiger partial charge in [-0.05, 0) is 37.3 Å². The lowest BCUT2D eigenvalue weighted by Crippen LogP contribution is -2.25. The van der Waals surface area contributed by atoms with Gasteiger partial charge in [0.1, 0.15) is 22.7 Å². The van der Waals surface area contributed by atoms with Gasteiger partial charge in [-0.15, -0.1) is 0 Å². The monoisotopic (exact) mass is 524 g/mol. The number of benzene rings is 1. The van der Waals surface area contributed by atoms with Crippen LogP contribution in [-0.2, 0) is 25.2 Å². The molecule has 4 rings (SSSR count). The zero-order valence-electron chi connectivity index (χ0n) is 19.8. The van der Waals surface area contributed by atoms with E-state index in [1.54, 1.807) is 0 Å². The largest absolute Gasteiger partial charge is 0.494 e. The summed E-state index contributed by atoms with van der Waals surface area (Å²) in [4.78, 5) is 20.7. The number of alkyl halides is 5. The first-order valence-electron chi connectivity index (χ1n) is 10.8. The predicted molar refractivity (Wildman–Crippen MR) is 121 cm³/mol. The number of nitrogens with zero attached hydrogens (tertiary/aromatic N) is 2. The first kappa shape index (κ1) is 26.1. The van der Waals surface area contributed by atoms with Gasteiger partial charge in [0.15, 0.2) is 17.2 Å². The number of aryl methyl sites for hydroxylation is 1. The Morgan fingerprint density at radius 3 is 2.46 bits per heavy atom. The minimum absolute atomic E-state index is 0.0132. The summed E-state index contributed by atoms with van der Waals surface area (Å²) in [6.07, 6.45) is -4.68. The van der Waals surface area contributed by atoms with E-state index in [-0.39, 0.29) is 64.0 Å². The van der Waals surface area contributed by atoms with Crippen LogP contribution in [0.25, 0.3) is 22.4 Å². The summed E-state index contributed by atoms with van der Waals surface area (Å²) in [6.45, 7) is 1.67. The van der Waals surface area contributed by atoms with Crippen molar-refractivity contribution in [2.45, 2.75) is 39.0 Å². The van der Waals surface area contributed by atoms with Crippen LogP contribution < -0.4 is 15.8 Å². The highest BCUT2D eigenvalue weighted by molar-refractivity contribution is 5.98. The fourth-order valence-electron chi connectivity index (χ4n) is 3.81. The third-order valence-corrected chi connectivity index (χ3v) is 5.43. The van der Waals surface area contributed by atoms with Crippen LogP contribution in [0.4, 0.5) is 22.0 Å². The van der Waals surface area contributed by atoms with Crippen LogP contribution in [-0.4, -0.2) is 23.0 Å². The normalized spacial score (nSPS) is 12.2. The van der Waals surface area contributed by atoms with Gasteiger partial charge in [-0.2, -0.15) is 22.0 Å². The second-order valence-electron chi connectivity index (χ2n) is 8.18. The Hall–Kier alpha value is -4.00. The van der Waals surface area contributed by atoms with Gasteiger partial charge in [-0.1, -0.05) is 0 Å². The molecule has 196 valence electrons. The van der Waals surface area contributed by atoms with E-state index in [1.165, 1.54) is 38.3 Å². The number of oxazole rings is 1. The van der Waals surface area contributed by atoms with Gasteiger partial charge < -0.3 is 24.6 Å². The van der Waals surface area contributed by atoms with E-state index >= 15 is 0 Å². The number of hydrogen-bond donors (Lipinski definition) is 2. The molecular weight excluding hydrogens is 503 g/mol. The van der Waals surface area contributed by atoms with E-state index < -0.39 is 29.5 Å². The lowest BCUT2D eigenvalue weighted by molar-refractivity contribution is -0.140. The number of nitrogens with one attached hydrogen (secondary N) is 1. The minimum Gasteiger partial charge on any atom is -0.494 e. The molecule has 0 unspecified atom stereocenters. The number of rotatable bonds is 7. The van der Waals surface area contributed by atoms with E-state index in [2.05, 4.69) is 15.3 Å². The van der Waals surface area contributed by atoms with Gasteiger partial charge in [0.2, 0.25) is 5.89 Å². The van der Waals surface area contributed by atoms with Gasteiger partial charge in [0.05, 0.1) is 13.7 Å². The van der Waals surface area contributed by atoms with Crippen molar-refractivity contribution in [3.05, 3.63) is 64.6 Å². The topological polar surface area (TPSA) is 116 Å². The van der Waals surface area contributed by atoms with Crippen LogP contribution in [0.3, 0.4) is 0 Å². The Kier molecular flexibility index (Phi) is 6.67. The summed E-state index contributed by atoms with van der Waals surface area (Å²) in [5.41, 5.74) is 4.64. The summed E-state index contributed by atoms with van der Waals surface area (Å²) >= 11 is 0. The summed E-state index contributed by atoms with van der Waals surface area (Å²) in [7, 11) is 1.29. The Balaban J connectivity index is 1.69. The molecule has 1 aromatic carbocycles. The Labute approximate surface area is 206 Å². The van der Waals surface area contributed by atoms with Crippen molar-refractivity contribution in [2.75, 3.05) is 7.11 Å². The van der Waals surface area contributed by atoms with Crippen molar-refractivity contribution >= 4 is 16.8 Å². The van der Waals surface area contributed by atoms with Crippen LogP contribution >= 0.6 is 0 Å². The lowest BCUT2D eigenvalue weighted by atomic mass is 10.1. The average molecular weight is 524 g/mol. The van der Waals surface area contributed by atoms with Crippen LogP contribution in [0, 0.1) is 6.92 Å². The minimum atomic E-state index is -4.68. The van der Waals surface area contributed by atoms with Crippen molar-refractivity contribution in [3.63, 3.8) is 0 Å². The van der Waals surface area contributed by atoms with Crippen molar-refractivity contribution in [1.82, 2.24) is 15.3 Å². The first-order valence-corrected chi connectivity index (χ1v) is 10.8. The quantitative estimate of drug-likeness (QED) is 0.315. The third kappa shape index (κ3) is 5.12. The highest BCUT2D eigenvalue weighted by Gasteiger charge is 2.34. The second kappa shape index (κ2) is 9.47. The molecule has 4 aromatic rings. The van der Waals surface area contributed by atoms with E-state index in [1.807, 2.05) is 0 Å². The number of fused-ring (bicyclic) bond motifs is 1. The number of carbonyl (C=O) groups is 1. The molecule has 0 aliphatic heterocycles. The fourth-order valence-corrected chi connectivity index (χ4v) is 3.81. The number of halogens is 5. The molecule has 0 radical (unpaired) electrons. The molecule has 0 atom stereocenters. The number of hydrogen-bond acceptors (Lipinski definition) is 7. The molecule has 0 saturated heterocycles. The Morgan fingerprint density at radius 2 is 1.84 bits per heavy atom. The van der Waals surface area contributed by atoms with Crippen LogP contribution in [0.2, 0.25) is 0 Å². The van der Waals surface area contributed by atoms with E-state index in [0.29, 0.717) is 6.92 Å². The molecule has 37 heavy (non-hydrogen) atoms. The zero-order valence-corrected chi connectivity index (χ0v) is 19.8. The molecule has 0 spiro atoms. The highest BCUT2D eigenvalue weighted by atomic mass is 19.4. The average Bonchev–Trinajstić information content (AvgIpc) is 3.44. The van der Waals surface area contributed by atoms with Crippen molar-refractivity contribution in [2.24, 2.45) is 5.73 Å². The number of methoxy groups -OCH3 is 1. The molecule has 1 amide bonds. The number of amides is 1. The Morgan fingerprint density at radius 1 is 1.11 bits per heavy atom. The summed E-state index contributed by atoms with van der Waals surface area (Å²) in [5.74, 6) is -4.35. The number of furan rings is 1. The summed E-state index contributed by atoms with van der Waals surface area (Å²) < 4.78 is 83.2. The standard InChI is InChI=1S/C24H21F5N4O4/c1-11-8-12(20(36-11)23(2,25)26)10-31-21(34)19-16(9-30)37-22(33-19)14-4-6-15(35-3)18-13(14)5-7-17(32-18)24(27,28)29/h4-8H,9-10,30H2,1-3H3,(H,31,34). The van der Waals surface area contributed by atoms with Gasteiger partial charge >= 0.3 is 12.1 Å². The first-order chi connectivity index (χ1) is 17.3. The number of nitrogens with two attached hydrogens (primary N) is 1. The maximum absolute atomic E-state index is 13.8. The molecule has 0 bridgehead atoms. The van der Waals surface area contributed by atoms with E-state index in [0.717, 1.165) is 6.07 Å². The maximum Gasteiger partial charge on any atom is 0.433 e. The van der Waals surface area contributed by atoms with Gasteiger partial charge in [-0.25, -0.2) is 9.97 Å².